The molecule has 0 aliphatic carbocycles. The van der Waals surface area contributed by atoms with Crippen LogP contribution in [0.3, 0.4) is 0 Å². The zero-order chi connectivity index (χ0) is 12.6. The van der Waals surface area contributed by atoms with Gasteiger partial charge < -0.3 is 10.2 Å². The van der Waals surface area contributed by atoms with E-state index in [9.17, 15) is 4.79 Å². The van der Waals surface area contributed by atoms with Crippen molar-refractivity contribution in [2.75, 3.05) is 25.5 Å². The quantitative estimate of drug-likeness (QED) is 0.852. The Morgan fingerprint density at radius 2 is 2.00 bits per heavy atom. The third-order valence-electron chi connectivity index (χ3n) is 2.25. The molecule has 0 unspecified atom stereocenters. The van der Waals surface area contributed by atoms with Crippen molar-refractivity contribution in [2.45, 2.75) is 20.8 Å². The Labute approximate surface area is 98.5 Å². The summed E-state index contributed by atoms with van der Waals surface area (Å²) < 4.78 is 0. The van der Waals surface area contributed by atoms with Gasteiger partial charge in [0.2, 0.25) is 0 Å². The molecular formula is C13H22N2O. The lowest BCUT2D eigenvalue weighted by atomic mass is 10.2. The third-order valence-corrected chi connectivity index (χ3v) is 2.25. The van der Waals surface area contributed by atoms with E-state index < -0.39 is 0 Å². The summed E-state index contributed by atoms with van der Waals surface area (Å²) >= 11 is 0. The van der Waals surface area contributed by atoms with Gasteiger partial charge in [-0.15, -0.1) is 0 Å². The molecule has 0 spiro atoms. The topological polar surface area (TPSA) is 32.3 Å². The maximum atomic E-state index is 11.3. The zero-order valence-corrected chi connectivity index (χ0v) is 10.9. The largest absolute Gasteiger partial charge is 0.375 e. The number of carbonyl (C=O) groups excluding carboxylic acids is 1. The molecule has 90 valence electrons. The Kier molecular flexibility index (Phi) is 7.01. The van der Waals surface area contributed by atoms with Crippen LogP contribution in [0, 0.1) is 0 Å². The highest BCUT2D eigenvalue weighted by Gasteiger charge is 2.04. The van der Waals surface area contributed by atoms with Crippen LogP contribution in [0.25, 0.3) is 0 Å². The molecule has 3 heteroatoms. The van der Waals surface area contributed by atoms with Crippen LogP contribution < -0.4 is 10.2 Å². The van der Waals surface area contributed by atoms with E-state index in [1.807, 2.05) is 45.2 Å². The summed E-state index contributed by atoms with van der Waals surface area (Å²) in [5.74, 6) is -0.0450. The third kappa shape index (κ3) is 3.93. The van der Waals surface area contributed by atoms with Crippen molar-refractivity contribution in [1.82, 2.24) is 5.32 Å². The number of benzene rings is 1. The van der Waals surface area contributed by atoms with Gasteiger partial charge in [-0.3, -0.25) is 4.79 Å². The maximum absolute atomic E-state index is 11.3. The van der Waals surface area contributed by atoms with Gasteiger partial charge in [0, 0.05) is 31.9 Å². The standard InChI is InChI=1S/C11H16N2O.C2H6/c1-4-13(3)10-7-5-6-9(8-10)11(14)12-2;1-2/h5-8H,4H2,1-3H3,(H,12,14);1-2H3. The highest BCUT2D eigenvalue weighted by Crippen LogP contribution is 2.14. The van der Waals surface area contributed by atoms with Crippen molar-refractivity contribution in [3.8, 4) is 0 Å². The van der Waals surface area contributed by atoms with Crippen LogP contribution in [0.1, 0.15) is 31.1 Å². The van der Waals surface area contributed by atoms with E-state index in [4.69, 9.17) is 0 Å². The van der Waals surface area contributed by atoms with E-state index in [-0.39, 0.29) is 5.91 Å². The molecule has 1 aromatic rings. The minimum Gasteiger partial charge on any atom is -0.375 e. The molecule has 1 N–H and O–H groups in total. The number of carbonyl (C=O) groups is 1. The molecule has 0 aromatic heterocycles. The summed E-state index contributed by atoms with van der Waals surface area (Å²) in [4.78, 5) is 13.4. The average molecular weight is 222 g/mol. The first kappa shape index (κ1) is 14.5. The lowest BCUT2D eigenvalue weighted by molar-refractivity contribution is 0.0963. The molecule has 3 nitrogen and oxygen atoms in total. The van der Waals surface area contributed by atoms with Crippen LogP contribution in [-0.2, 0) is 0 Å². The predicted octanol–water partition coefficient (Wildman–Crippen LogP) is 2.53. The van der Waals surface area contributed by atoms with Gasteiger partial charge in [-0.1, -0.05) is 19.9 Å². The molecular weight excluding hydrogens is 200 g/mol. The molecule has 0 aliphatic heterocycles. The van der Waals surface area contributed by atoms with Crippen LogP contribution in [0.2, 0.25) is 0 Å². The van der Waals surface area contributed by atoms with Gasteiger partial charge in [0.1, 0.15) is 0 Å². The monoisotopic (exact) mass is 222 g/mol. The minimum absolute atomic E-state index is 0.0450. The first-order valence-electron chi connectivity index (χ1n) is 5.72. The normalized spacial score (nSPS) is 8.81. The Hall–Kier alpha value is -1.51. The fraction of sp³-hybridized carbons (Fsp3) is 0.462. The van der Waals surface area contributed by atoms with Crippen molar-refractivity contribution in [3.63, 3.8) is 0 Å². The summed E-state index contributed by atoms with van der Waals surface area (Å²) in [7, 11) is 3.64. The summed E-state index contributed by atoms with van der Waals surface area (Å²) in [5, 5.41) is 2.61. The van der Waals surface area contributed by atoms with E-state index in [0.717, 1.165) is 12.2 Å². The zero-order valence-electron chi connectivity index (χ0n) is 10.9. The maximum Gasteiger partial charge on any atom is 0.251 e. The molecule has 0 heterocycles. The summed E-state index contributed by atoms with van der Waals surface area (Å²) in [6, 6.07) is 7.59. The summed E-state index contributed by atoms with van der Waals surface area (Å²) in [6.45, 7) is 7.00. The van der Waals surface area contributed by atoms with Crippen molar-refractivity contribution in [3.05, 3.63) is 29.8 Å². The summed E-state index contributed by atoms with van der Waals surface area (Å²) in [5.41, 5.74) is 1.76. The second-order valence-electron chi connectivity index (χ2n) is 3.14. The first-order chi connectivity index (χ1) is 7.69. The lowest BCUT2D eigenvalue weighted by Crippen LogP contribution is -2.20. The van der Waals surface area contributed by atoms with E-state index in [1.54, 1.807) is 7.05 Å². The number of rotatable bonds is 3. The van der Waals surface area contributed by atoms with Crippen molar-refractivity contribution >= 4 is 11.6 Å². The van der Waals surface area contributed by atoms with E-state index >= 15 is 0 Å². The minimum atomic E-state index is -0.0450. The lowest BCUT2D eigenvalue weighted by Gasteiger charge is -2.17. The molecule has 0 saturated heterocycles. The highest BCUT2D eigenvalue weighted by molar-refractivity contribution is 5.94. The van der Waals surface area contributed by atoms with Gasteiger partial charge in [-0.25, -0.2) is 0 Å². The molecule has 1 amide bonds. The van der Waals surface area contributed by atoms with Crippen LogP contribution in [-0.4, -0.2) is 26.5 Å². The number of hydrogen-bond acceptors (Lipinski definition) is 2. The molecule has 0 saturated carbocycles. The Balaban J connectivity index is 0.00000106. The van der Waals surface area contributed by atoms with Gasteiger partial charge in [-0.2, -0.15) is 0 Å². The number of nitrogens with one attached hydrogen (secondary N) is 1. The second-order valence-corrected chi connectivity index (χ2v) is 3.14. The fourth-order valence-electron chi connectivity index (χ4n) is 1.21. The van der Waals surface area contributed by atoms with E-state index in [0.29, 0.717) is 5.56 Å². The predicted molar refractivity (Wildman–Crippen MR) is 70.1 cm³/mol. The number of amides is 1. The van der Waals surface area contributed by atoms with Gasteiger partial charge in [0.15, 0.2) is 0 Å². The molecule has 0 fully saturated rings. The number of nitrogens with zero attached hydrogens (tertiary/aromatic N) is 1. The van der Waals surface area contributed by atoms with Crippen LogP contribution in [0.5, 0.6) is 0 Å². The molecule has 16 heavy (non-hydrogen) atoms. The van der Waals surface area contributed by atoms with E-state index in [2.05, 4.69) is 17.1 Å². The Morgan fingerprint density at radius 3 is 2.50 bits per heavy atom. The van der Waals surface area contributed by atoms with Crippen molar-refractivity contribution < 1.29 is 4.79 Å². The number of hydrogen-bond donors (Lipinski definition) is 1. The second kappa shape index (κ2) is 7.74. The van der Waals surface area contributed by atoms with Gasteiger partial charge in [-0.05, 0) is 25.1 Å². The van der Waals surface area contributed by atoms with Crippen molar-refractivity contribution in [2.24, 2.45) is 0 Å². The van der Waals surface area contributed by atoms with Gasteiger partial charge in [0.05, 0.1) is 0 Å². The number of anilines is 1. The Morgan fingerprint density at radius 1 is 1.38 bits per heavy atom. The molecule has 0 atom stereocenters. The summed E-state index contributed by atoms with van der Waals surface area (Å²) in [6.07, 6.45) is 0. The molecule has 0 bridgehead atoms. The fourth-order valence-corrected chi connectivity index (χ4v) is 1.21. The van der Waals surface area contributed by atoms with Crippen LogP contribution >= 0.6 is 0 Å². The Bertz CT molecular complexity index is 323. The first-order valence-corrected chi connectivity index (χ1v) is 5.72. The molecule has 0 aliphatic rings. The molecule has 0 radical (unpaired) electrons. The molecule has 1 rings (SSSR count). The van der Waals surface area contributed by atoms with Crippen molar-refractivity contribution in [1.29, 1.82) is 0 Å². The molecule has 1 aromatic carbocycles. The van der Waals surface area contributed by atoms with Crippen LogP contribution in [0.4, 0.5) is 5.69 Å². The van der Waals surface area contributed by atoms with Gasteiger partial charge in [0.25, 0.3) is 5.91 Å². The van der Waals surface area contributed by atoms with E-state index in [1.165, 1.54) is 0 Å². The smallest absolute Gasteiger partial charge is 0.251 e. The van der Waals surface area contributed by atoms with Crippen LogP contribution in [0.15, 0.2) is 24.3 Å². The average Bonchev–Trinajstić information content (AvgIpc) is 2.39. The highest BCUT2D eigenvalue weighted by atomic mass is 16.1. The van der Waals surface area contributed by atoms with Gasteiger partial charge >= 0.3 is 0 Å². The SMILES string of the molecule is CC.CCN(C)c1cccc(C(=O)NC)c1.